The summed E-state index contributed by atoms with van der Waals surface area (Å²) in [5.74, 6) is 0.110. The van der Waals surface area contributed by atoms with E-state index < -0.39 is 31.6 Å². The SMILES string of the molecule is COc1ccc2c(c1)[C@@]1(O[C@H](CCO)[C@@H]([Si](C)(C)F)[C@@H]1C)C(=O)N2Cc1ccc(N2CCCCC2=O)cc1. The predicted octanol–water partition coefficient (Wildman–Crippen LogP) is 4.92. The largest absolute Gasteiger partial charge is 0.497 e. The highest BCUT2D eigenvalue weighted by Gasteiger charge is 2.66. The van der Waals surface area contributed by atoms with Crippen molar-refractivity contribution < 1.29 is 28.3 Å². The molecule has 2 saturated heterocycles. The molecule has 7 nitrogen and oxygen atoms in total. The molecule has 0 aliphatic carbocycles. The van der Waals surface area contributed by atoms with E-state index in [9.17, 15) is 14.7 Å². The van der Waals surface area contributed by atoms with Crippen molar-refractivity contribution >= 4 is 31.6 Å². The van der Waals surface area contributed by atoms with E-state index in [2.05, 4.69) is 0 Å². The number of hydrogen-bond acceptors (Lipinski definition) is 5. The number of methoxy groups -OCH3 is 1. The Hall–Kier alpha value is -2.75. The predicted molar refractivity (Wildman–Crippen MR) is 147 cm³/mol. The van der Waals surface area contributed by atoms with Crippen molar-refractivity contribution in [2.75, 3.05) is 30.1 Å². The number of amides is 2. The van der Waals surface area contributed by atoms with Gasteiger partial charge in [-0.2, -0.15) is 0 Å². The number of hydrogen-bond donors (Lipinski definition) is 1. The number of nitrogens with zero attached hydrogens (tertiary/aromatic N) is 2. The van der Waals surface area contributed by atoms with Gasteiger partial charge in [0, 0.05) is 42.3 Å². The smallest absolute Gasteiger partial charge is 0.264 e. The molecule has 3 aliphatic rings. The van der Waals surface area contributed by atoms with Gasteiger partial charge >= 0.3 is 0 Å². The van der Waals surface area contributed by atoms with Crippen LogP contribution in [0.3, 0.4) is 0 Å². The van der Waals surface area contributed by atoms with Gasteiger partial charge in [0.2, 0.25) is 14.3 Å². The molecular weight excluding hydrogens is 503 g/mol. The van der Waals surface area contributed by atoms with Crippen LogP contribution in [0, 0.1) is 5.92 Å². The Balaban J connectivity index is 1.50. The Morgan fingerprint density at radius 2 is 1.89 bits per heavy atom. The molecule has 1 spiro atoms. The van der Waals surface area contributed by atoms with Crippen molar-refractivity contribution in [1.29, 1.82) is 0 Å². The number of carbonyl (C=O) groups excluding carboxylic acids is 2. The first kappa shape index (κ1) is 26.8. The van der Waals surface area contributed by atoms with Gasteiger partial charge in [0.15, 0.2) is 5.60 Å². The van der Waals surface area contributed by atoms with E-state index >= 15 is 4.11 Å². The van der Waals surface area contributed by atoms with Gasteiger partial charge in [-0.05, 0) is 68.3 Å². The average molecular weight is 541 g/mol. The van der Waals surface area contributed by atoms with Gasteiger partial charge < -0.3 is 28.5 Å². The molecule has 2 fully saturated rings. The van der Waals surface area contributed by atoms with E-state index in [1.54, 1.807) is 25.1 Å². The number of fused-ring (bicyclic) bond motifs is 2. The van der Waals surface area contributed by atoms with Gasteiger partial charge in [-0.15, -0.1) is 0 Å². The second-order valence-electron chi connectivity index (χ2n) is 11.2. The maximum Gasteiger partial charge on any atom is 0.264 e. The standard InChI is InChI=1S/C29H37FN2O5Si/c1-19-27(38(3,4)30)25(14-16-33)37-29(19)23-17-22(36-2)12-13-24(23)32(28(29)35)18-20-8-10-21(11-9-20)31-15-6-5-7-26(31)34/h8-13,17,19,25,27,33H,5-7,14-16,18H2,1-4H3/t19-,25+,27-,29+/m0/s1. The number of piperidine rings is 1. The molecule has 4 atom stereocenters. The second kappa shape index (κ2) is 10.1. The van der Waals surface area contributed by atoms with E-state index in [0.29, 0.717) is 24.3 Å². The molecule has 38 heavy (non-hydrogen) atoms. The quantitative estimate of drug-likeness (QED) is 0.399. The highest BCUT2D eigenvalue weighted by atomic mass is 28.4. The average Bonchev–Trinajstić information content (AvgIpc) is 3.31. The van der Waals surface area contributed by atoms with Crippen LogP contribution in [0.15, 0.2) is 42.5 Å². The summed E-state index contributed by atoms with van der Waals surface area (Å²) in [6.07, 6.45) is 2.22. The third kappa shape index (κ3) is 4.34. The summed E-state index contributed by atoms with van der Waals surface area (Å²) in [7, 11) is -1.67. The summed E-state index contributed by atoms with van der Waals surface area (Å²) < 4.78 is 27.7. The fourth-order valence-electron chi connectivity index (χ4n) is 6.75. The van der Waals surface area contributed by atoms with Crippen LogP contribution in [-0.4, -0.2) is 51.7 Å². The Bertz CT molecular complexity index is 1220. The highest BCUT2D eigenvalue weighted by molar-refractivity contribution is 6.72. The van der Waals surface area contributed by atoms with Crippen molar-refractivity contribution in [2.45, 2.75) is 69.5 Å². The van der Waals surface area contributed by atoms with Crippen LogP contribution >= 0.6 is 0 Å². The summed E-state index contributed by atoms with van der Waals surface area (Å²) >= 11 is 0. The minimum Gasteiger partial charge on any atom is -0.497 e. The molecule has 3 aliphatic heterocycles. The maximum atomic E-state index is 15.7. The van der Waals surface area contributed by atoms with Crippen LogP contribution in [0.5, 0.6) is 5.75 Å². The molecule has 2 amide bonds. The van der Waals surface area contributed by atoms with Gasteiger partial charge in [0.05, 0.1) is 25.4 Å². The monoisotopic (exact) mass is 540 g/mol. The molecule has 3 heterocycles. The molecule has 2 aromatic carbocycles. The first-order valence-corrected chi connectivity index (χ1v) is 16.4. The molecule has 0 aromatic heterocycles. The lowest BCUT2D eigenvalue weighted by atomic mass is 9.82. The topological polar surface area (TPSA) is 79.3 Å². The first-order valence-electron chi connectivity index (χ1n) is 13.5. The Morgan fingerprint density at radius 1 is 1.16 bits per heavy atom. The van der Waals surface area contributed by atoms with Gasteiger partial charge in [-0.1, -0.05) is 19.1 Å². The van der Waals surface area contributed by atoms with Crippen LogP contribution in [0.1, 0.15) is 43.7 Å². The number of benzene rings is 2. The molecule has 5 rings (SSSR count). The fourth-order valence-corrected chi connectivity index (χ4v) is 9.29. The molecule has 0 bridgehead atoms. The Kier molecular flexibility index (Phi) is 7.13. The third-order valence-electron chi connectivity index (χ3n) is 8.49. The van der Waals surface area contributed by atoms with Crippen molar-refractivity contribution in [3.05, 3.63) is 53.6 Å². The Morgan fingerprint density at radius 3 is 2.53 bits per heavy atom. The lowest BCUT2D eigenvalue weighted by molar-refractivity contribution is -0.146. The second-order valence-corrected chi connectivity index (χ2v) is 15.0. The van der Waals surface area contributed by atoms with E-state index in [1.807, 2.05) is 54.3 Å². The van der Waals surface area contributed by atoms with Crippen molar-refractivity contribution in [1.82, 2.24) is 0 Å². The first-order chi connectivity index (χ1) is 18.1. The van der Waals surface area contributed by atoms with Gasteiger partial charge in [0.1, 0.15) is 5.75 Å². The fraction of sp³-hybridized carbons (Fsp3) is 0.517. The molecule has 2 aromatic rings. The van der Waals surface area contributed by atoms with Crippen molar-refractivity contribution in [2.24, 2.45) is 5.92 Å². The summed E-state index contributed by atoms with van der Waals surface area (Å²) in [5, 5.41) is 9.72. The number of aliphatic hydroxyl groups is 1. The zero-order chi connectivity index (χ0) is 27.2. The molecule has 0 saturated carbocycles. The summed E-state index contributed by atoms with van der Waals surface area (Å²) in [6, 6.07) is 13.3. The van der Waals surface area contributed by atoms with Gasteiger partial charge in [-0.3, -0.25) is 9.59 Å². The summed E-state index contributed by atoms with van der Waals surface area (Å²) in [5.41, 5.74) is 1.41. The number of rotatable bonds is 7. The van der Waals surface area contributed by atoms with E-state index in [4.69, 9.17) is 9.47 Å². The van der Waals surface area contributed by atoms with E-state index in [0.717, 1.165) is 36.3 Å². The molecule has 1 N–H and O–H groups in total. The Labute approximate surface area is 224 Å². The number of halogens is 1. The lowest BCUT2D eigenvalue weighted by Gasteiger charge is -2.31. The molecule has 204 valence electrons. The summed E-state index contributed by atoms with van der Waals surface area (Å²) in [4.78, 5) is 30.2. The van der Waals surface area contributed by atoms with Crippen LogP contribution < -0.4 is 14.5 Å². The number of anilines is 2. The van der Waals surface area contributed by atoms with E-state index in [-0.39, 0.29) is 24.8 Å². The number of carbonyl (C=O) groups is 2. The van der Waals surface area contributed by atoms with Crippen LogP contribution in [0.25, 0.3) is 0 Å². The van der Waals surface area contributed by atoms with Gasteiger partial charge in [-0.25, -0.2) is 0 Å². The summed E-state index contributed by atoms with van der Waals surface area (Å²) in [6.45, 7) is 6.11. The van der Waals surface area contributed by atoms with Crippen molar-refractivity contribution in [3.63, 3.8) is 0 Å². The van der Waals surface area contributed by atoms with Crippen molar-refractivity contribution in [3.8, 4) is 5.75 Å². The third-order valence-corrected chi connectivity index (χ3v) is 11.0. The molecule has 0 radical (unpaired) electrons. The molecule has 0 unspecified atom stereocenters. The molecule has 9 heteroatoms. The number of aliphatic hydroxyl groups excluding tert-OH is 1. The normalized spacial score (nSPS) is 27.4. The zero-order valence-corrected chi connectivity index (χ0v) is 23.6. The molecular formula is C29H37FN2O5Si. The highest BCUT2D eigenvalue weighted by Crippen LogP contribution is 2.60. The van der Waals surface area contributed by atoms with Crippen LogP contribution in [-0.2, 0) is 26.5 Å². The minimum atomic E-state index is -3.25. The van der Waals surface area contributed by atoms with Crippen LogP contribution in [0.4, 0.5) is 15.5 Å². The lowest BCUT2D eigenvalue weighted by Crippen LogP contribution is -2.45. The van der Waals surface area contributed by atoms with Crippen LogP contribution in [0.2, 0.25) is 18.6 Å². The maximum absolute atomic E-state index is 15.7. The van der Waals surface area contributed by atoms with E-state index in [1.165, 1.54) is 0 Å². The zero-order valence-electron chi connectivity index (χ0n) is 22.6. The van der Waals surface area contributed by atoms with Gasteiger partial charge in [0.25, 0.3) is 5.91 Å². The number of ether oxygens (including phenoxy) is 2. The minimum absolute atomic E-state index is 0.136.